The molecule has 0 aliphatic heterocycles. The molecule has 0 bridgehead atoms. The molecule has 13 nitrogen and oxygen atoms in total. The minimum absolute atomic E-state index is 0.0898. The van der Waals surface area contributed by atoms with Crippen LogP contribution in [0.15, 0.2) is 0 Å². The fourth-order valence-electron chi connectivity index (χ4n) is 4.51. The van der Waals surface area contributed by atoms with E-state index in [2.05, 4.69) is 20.5 Å². The molecule has 0 spiro atoms. The Morgan fingerprint density at radius 2 is 1.66 bits per heavy atom. The zero-order chi connectivity index (χ0) is 31.2. The highest BCUT2D eigenvalue weighted by molar-refractivity contribution is 8.13. The maximum atomic E-state index is 13.0. The highest BCUT2D eigenvalue weighted by Crippen LogP contribution is 2.38. The van der Waals surface area contributed by atoms with Gasteiger partial charge >= 0.3 is 7.82 Å². The molecule has 0 aromatic carbocycles. The molecule has 1 rings (SSSR count). The number of phosphoric acid groups is 1. The predicted molar refractivity (Wildman–Crippen MR) is 153 cm³/mol. The Labute approximate surface area is 245 Å². The normalized spacial score (nSPS) is 16.8. The van der Waals surface area contributed by atoms with Gasteiger partial charge in [-0.05, 0) is 25.7 Å². The summed E-state index contributed by atoms with van der Waals surface area (Å²) in [5.41, 5.74) is -1.30. The van der Waals surface area contributed by atoms with Gasteiger partial charge < -0.3 is 30.8 Å². The molecule has 3 amide bonds. The van der Waals surface area contributed by atoms with E-state index in [9.17, 15) is 33.6 Å². The topological polar surface area (TPSA) is 208 Å². The average Bonchev–Trinajstić information content (AvgIpc) is 2.89. The van der Waals surface area contributed by atoms with Crippen molar-refractivity contribution in [1.82, 2.24) is 16.0 Å². The second-order valence-electron chi connectivity index (χ2n) is 11.1. The molecule has 0 aromatic heterocycles. The van der Waals surface area contributed by atoms with E-state index in [1.165, 1.54) is 20.8 Å². The van der Waals surface area contributed by atoms with E-state index >= 15 is 0 Å². The Morgan fingerprint density at radius 1 is 1.02 bits per heavy atom. The van der Waals surface area contributed by atoms with Gasteiger partial charge in [-0.2, -0.15) is 0 Å². The number of ketones is 1. The van der Waals surface area contributed by atoms with Crippen LogP contribution in [0.4, 0.5) is 0 Å². The minimum Gasteiger partial charge on any atom is -0.383 e. The predicted octanol–water partition coefficient (Wildman–Crippen LogP) is 1.44. The Hall–Kier alpha value is -1.83. The third-order valence-corrected chi connectivity index (χ3v) is 8.47. The zero-order valence-electron chi connectivity index (χ0n) is 24.3. The number of carbonyl (C=O) groups is 5. The van der Waals surface area contributed by atoms with Crippen LogP contribution in [0.2, 0.25) is 0 Å². The molecule has 1 aliphatic rings. The summed E-state index contributed by atoms with van der Waals surface area (Å²) in [6.45, 7) is 5.43. The number of carbonyl (C=O) groups excluding carboxylic acids is 5. The lowest BCUT2D eigenvalue weighted by molar-refractivity contribution is -0.137. The number of thioether (sulfide) groups is 1. The van der Waals surface area contributed by atoms with Crippen LogP contribution in [-0.4, -0.2) is 81.1 Å². The van der Waals surface area contributed by atoms with Crippen molar-refractivity contribution in [2.24, 2.45) is 17.3 Å². The number of rotatable bonds is 18. The van der Waals surface area contributed by atoms with E-state index in [0.717, 1.165) is 43.9 Å². The summed E-state index contributed by atoms with van der Waals surface area (Å²) in [5.74, 6) is -2.09. The molecule has 1 saturated carbocycles. The van der Waals surface area contributed by atoms with Gasteiger partial charge in [0.25, 0.3) is 0 Å². The second-order valence-corrected chi connectivity index (χ2v) is 13.4. The lowest BCUT2D eigenvalue weighted by Gasteiger charge is -2.29. The molecule has 1 fully saturated rings. The SMILES string of the molecule is CCC(C(C)=O)C(=O)N[C@@H](CC1CCCCC1)C(=O)SCCNC(=O)CCNC(=O)C(O)C(C)(C)COP(=O)(O)O. The number of hydrogen-bond acceptors (Lipinski definition) is 9. The molecule has 15 heteroatoms. The number of amides is 3. The van der Waals surface area contributed by atoms with Crippen LogP contribution in [0.5, 0.6) is 0 Å². The summed E-state index contributed by atoms with van der Waals surface area (Å²) in [6, 6.07) is -0.710. The number of phosphoric ester groups is 1. The standard InChI is InChI=1S/C26H46N3O10PS/c1-5-19(17(2)30)23(33)29-20(15-18-9-7-6-8-10-18)25(35)41-14-13-27-21(31)11-12-28-24(34)22(32)26(3,4)16-39-40(36,37)38/h18-20,22,32H,5-16H2,1-4H3,(H,27,31)(H,28,34)(H,29,33)(H2,36,37,38)/t19?,20-,22?/m0/s1. The first kappa shape index (κ1) is 37.2. The minimum atomic E-state index is -4.77. The van der Waals surface area contributed by atoms with E-state index in [0.29, 0.717) is 18.8 Å². The van der Waals surface area contributed by atoms with Crippen LogP contribution in [0.25, 0.3) is 0 Å². The van der Waals surface area contributed by atoms with Gasteiger partial charge in [-0.25, -0.2) is 4.57 Å². The van der Waals surface area contributed by atoms with Gasteiger partial charge in [0.05, 0.1) is 18.6 Å². The molecule has 3 atom stereocenters. The van der Waals surface area contributed by atoms with Crippen molar-refractivity contribution in [3.8, 4) is 0 Å². The van der Waals surface area contributed by atoms with Crippen molar-refractivity contribution >= 4 is 48.2 Å². The van der Waals surface area contributed by atoms with E-state index in [1.54, 1.807) is 6.92 Å². The van der Waals surface area contributed by atoms with Crippen molar-refractivity contribution in [3.05, 3.63) is 0 Å². The van der Waals surface area contributed by atoms with E-state index in [1.807, 2.05) is 0 Å². The summed E-state index contributed by atoms with van der Waals surface area (Å²) < 4.78 is 15.3. The second kappa shape index (κ2) is 18.0. The highest BCUT2D eigenvalue weighted by Gasteiger charge is 2.36. The Balaban J connectivity index is 2.48. The van der Waals surface area contributed by atoms with Gasteiger partial charge in [-0.1, -0.05) is 64.6 Å². The molecule has 1 aliphatic carbocycles. The van der Waals surface area contributed by atoms with Crippen LogP contribution in [0.3, 0.4) is 0 Å². The molecule has 2 unspecified atom stereocenters. The van der Waals surface area contributed by atoms with Crippen LogP contribution >= 0.6 is 19.6 Å². The van der Waals surface area contributed by atoms with E-state index < -0.39 is 55.6 Å². The van der Waals surface area contributed by atoms with Gasteiger partial charge in [0.2, 0.25) is 22.8 Å². The summed E-state index contributed by atoms with van der Waals surface area (Å²) in [4.78, 5) is 79.5. The zero-order valence-corrected chi connectivity index (χ0v) is 26.1. The smallest absolute Gasteiger partial charge is 0.383 e. The summed E-state index contributed by atoms with van der Waals surface area (Å²) in [7, 11) is -4.77. The quantitative estimate of drug-likeness (QED) is 0.0731. The van der Waals surface area contributed by atoms with Crippen LogP contribution in [-0.2, 0) is 33.1 Å². The number of aliphatic hydroxyl groups excluding tert-OH is 1. The molecule has 236 valence electrons. The van der Waals surface area contributed by atoms with Crippen LogP contribution in [0.1, 0.15) is 79.1 Å². The molecule has 0 radical (unpaired) electrons. The Kier molecular flexibility index (Phi) is 16.3. The Bertz CT molecular complexity index is 952. The Morgan fingerprint density at radius 3 is 2.22 bits per heavy atom. The highest BCUT2D eigenvalue weighted by atomic mass is 32.2. The van der Waals surface area contributed by atoms with Gasteiger partial charge in [0.1, 0.15) is 11.9 Å². The average molecular weight is 624 g/mol. The van der Waals surface area contributed by atoms with Crippen molar-refractivity contribution in [2.75, 3.05) is 25.4 Å². The lowest BCUT2D eigenvalue weighted by Crippen LogP contribution is -2.46. The fourth-order valence-corrected chi connectivity index (χ4v) is 5.77. The van der Waals surface area contributed by atoms with Crippen molar-refractivity contribution in [2.45, 2.75) is 91.2 Å². The van der Waals surface area contributed by atoms with Crippen LogP contribution in [0, 0.1) is 17.3 Å². The largest absolute Gasteiger partial charge is 0.469 e. The molecule has 6 N–H and O–H groups in total. The van der Waals surface area contributed by atoms with Gasteiger partial charge in [-0.3, -0.25) is 28.5 Å². The number of hydrogen-bond donors (Lipinski definition) is 6. The molecule has 41 heavy (non-hydrogen) atoms. The fraction of sp³-hybridized carbons (Fsp3) is 0.808. The molecule has 0 heterocycles. The summed E-state index contributed by atoms with van der Waals surface area (Å²) >= 11 is 1.00. The summed E-state index contributed by atoms with van der Waals surface area (Å²) in [6.07, 6.45) is 4.48. The molecule has 0 saturated heterocycles. The first-order valence-corrected chi connectivity index (χ1v) is 16.5. The molecule has 0 aromatic rings. The lowest BCUT2D eigenvalue weighted by atomic mass is 9.85. The van der Waals surface area contributed by atoms with E-state index in [-0.39, 0.29) is 36.2 Å². The summed E-state index contributed by atoms with van der Waals surface area (Å²) in [5, 5.41) is 17.8. The number of Topliss-reactive ketones (excluding diaryl/α,β-unsaturated/α-hetero) is 1. The van der Waals surface area contributed by atoms with Crippen molar-refractivity contribution in [3.63, 3.8) is 0 Å². The number of aliphatic hydroxyl groups is 1. The van der Waals surface area contributed by atoms with Gasteiger partial charge in [0, 0.05) is 30.7 Å². The first-order chi connectivity index (χ1) is 19.1. The van der Waals surface area contributed by atoms with Crippen LogP contribution < -0.4 is 16.0 Å². The monoisotopic (exact) mass is 623 g/mol. The van der Waals surface area contributed by atoms with Gasteiger partial charge in [-0.15, -0.1) is 0 Å². The van der Waals surface area contributed by atoms with E-state index in [4.69, 9.17) is 9.79 Å². The maximum Gasteiger partial charge on any atom is 0.469 e. The van der Waals surface area contributed by atoms with Gasteiger partial charge in [0.15, 0.2) is 0 Å². The van der Waals surface area contributed by atoms with Crippen molar-refractivity contribution in [1.29, 1.82) is 0 Å². The third kappa shape index (κ3) is 14.8. The first-order valence-electron chi connectivity index (χ1n) is 14.0. The number of nitrogens with one attached hydrogen (secondary N) is 3. The molecular formula is C26H46N3O10PS. The molecular weight excluding hydrogens is 577 g/mol. The third-order valence-electron chi connectivity index (χ3n) is 7.02. The van der Waals surface area contributed by atoms with Crippen molar-refractivity contribution < 1.29 is 48.0 Å². The maximum absolute atomic E-state index is 13.0.